The van der Waals surface area contributed by atoms with Crippen LogP contribution in [0.25, 0.3) is 0 Å². The summed E-state index contributed by atoms with van der Waals surface area (Å²) in [7, 11) is 0. The third-order valence-corrected chi connectivity index (χ3v) is 2.81. The molecule has 0 aliphatic heterocycles. The maximum Gasteiger partial charge on any atom is 0.395 e. The van der Waals surface area contributed by atoms with Gasteiger partial charge in [0.05, 0.1) is 5.92 Å². The Kier molecular flexibility index (Phi) is 4.00. The van der Waals surface area contributed by atoms with Crippen LogP contribution in [-0.4, -0.2) is 6.18 Å². The Morgan fingerprint density at radius 2 is 1.44 bits per heavy atom. The Labute approximate surface area is 94.5 Å². The first-order valence-electron chi connectivity index (χ1n) is 5.52. The molecule has 0 N–H and O–H groups in total. The van der Waals surface area contributed by atoms with Crippen LogP contribution in [0.4, 0.5) is 13.2 Å². The van der Waals surface area contributed by atoms with E-state index < -0.39 is 12.1 Å². The summed E-state index contributed by atoms with van der Waals surface area (Å²) in [6.07, 6.45) is -4.06. The molecule has 90 valence electrons. The molecule has 0 saturated heterocycles. The number of alkyl halides is 3. The predicted octanol–water partition coefficient (Wildman–Crippen LogP) is 4.87. The molecule has 0 unspecified atom stereocenters. The predicted molar refractivity (Wildman–Crippen MR) is 59.6 cm³/mol. The van der Waals surface area contributed by atoms with Crippen molar-refractivity contribution in [1.82, 2.24) is 0 Å². The third-order valence-electron chi connectivity index (χ3n) is 2.81. The van der Waals surface area contributed by atoms with Crippen molar-refractivity contribution in [3.05, 3.63) is 35.4 Å². The summed E-state index contributed by atoms with van der Waals surface area (Å²) >= 11 is 0. The third kappa shape index (κ3) is 3.00. The average molecular weight is 230 g/mol. The maximum absolute atomic E-state index is 12.7. The zero-order valence-electron chi connectivity index (χ0n) is 9.81. The highest BCUT2D eigenvalue weighted by Gasteiger charge is 2.39. The summed E-state index contributed by atoms with van der Waals surface area (Å²) in [5.41, 5.74) is 1.43. The molecular weight excluding hydrogens is 213 g/mol. The first-order chi connectivity index (χ1) is 7.36. The van der Waals surface area contributed by atoms with Gasteiger partial charge < -0.3 is 0 Å². The number of halogens is 3. The first-order valence-corrected chi connectivity index (χ1v) is 5.52. The molecule has 0 heterocycles. The lowest BCUT2D eigenvalue weighted by molar-refractivity contribution is -0.151. The van der Waals surface area contributed by atoms with Crippen molar-refractivity contribution < 1.29 is 13.2 Å². The Balaban J connectivity index is 2.96. The summed E-state index contributed by atoms with van der Waals surface area (Å²) in [5, 5.41) is 0. The molecule has 1 rings (SSSR count). The van der Waals surface area contributed by atoms with E-state index in [9.17, 15) is 13.2 Å². The van der Waals surface area contributed by atoms with Gasteiger partial charge in [0.2, 0.25) is 0 Å². The van der Waals surface area contributed by atoms with Gasteiger partial charge >= 0.3 is 6.18 Å². The fourth-order valence-corrected chi connectivity index (χ4v) is 1.77. The van der Waals surface area contributed by atoms with E-state index in [2.05, 4.69) is 0 Å². The fraction of sp³-hybridized carbons (Fsp3) is 0.538. The molecule has 1 aromatic rings. The van der Waals surface area contributed by atoms with Crippen LogP contribution in [0.2, 0.25) is 0 Å². The molecule has 0 nitrogen and oxygen atoms in total. The van der Waals surface area contributed by atoms with Crippen molar-refractivity contribution in [3.63, 3.8) is 0 Å². The maximum atomic E-state index is 12.7. The van der Waals surface area contributed by atoms with Gasteiger partial charge in [-0.1, -0.05) is 45.0 Å². The lowest BCUT2D eigenvalue weighted by Crippen LogP contribution is -2.20. The van der Waals surface area contributed by atoms with Gasteiger partial charge in [-0.2, -0.15) is 13.2 Å². The zero-order chi connectivity index (χ0) is 12.3. The van der Waals surface area contributed by atoms with Crippen molar-refractivity contribution in [1.29, 1.82) is 0 Å². The highest BCUT2D eigenvalue weighted by atomic mass is 19.4. The van der Waals surface area contributed by atoms with Crippen LogP contribution >= 0.6 is 0 Å². The number of hydrogen-bond donors (Lipinski definition) is 0. The molecule has 0 fully saturated rings. The highest BCUT2D eigenvalue weighted by molar-refractivity contribution is 5.27. The van der Waals surface area contributed by atoms with E-state index in [1.54, 1.807) is 31.2 Å². The molecule has 0 radical (unpaired) electrons. The Morgan fingerprint density at radius 1 is 1.00 bits per heavy atom. The second-order valence-electron chi connectivity index (χ2n) is 4.32. The Bertz CT molecular complexity index is 322. The fourth-order valence-electron chi connectivity index (χ4n) is 1.77. The molecule has 0 aromatic heterocycles. The van der Waals surface area contributed by atoms with Crippen LogP contribution in [0.3, 0.4) is 0 Å². The number of hydrogen-bond acceptors (Lipinski definition) is 0. The van der Waals surface area contributed by atoms with E-state index in [1.807, 2.05) is 13.8 Å². The summed E-state index contributed by atoms with van der Waals surface area (Å²) in [5.74, 6) is -0.992. The topological polar surface area (TPSA) is 0 Å². The summed E-state index contributed by atoms with van der Waals surface area (Å²) < 4.78 is 38.0. The lowest BCUT2D eigenvalue weighted by Gasteiger charge is -2.19. The van der Waals surface area contributed by atoms with Crippen LogP contribution in [0, 0.1) is 0 Å². The Hall–Kier alpha value is -0.990. The molecular formula is C13H17F3. The van der Waals surface area contributed by atoms with E-state index in [-0.39, 0.29) is 6.42 Å². The monoisotopic (exact) mass is 230 g/mol. The molecule has 3 heteroatoms. The molecule has 0 bridgehead atoms. The van der Waals surface area contributed by atoms with Gasteiger partial charge in [0.15, 0.2) is 0 Å². The van der Waals surface area contributed by atoms with Crippen molar-refractivity contribution in [3.8, 4) is 0 Å². The van der Waals surface area contributed by atoms with Gasteiger partial charge in [0.25, 0.3) is 0 Å². The van der Waals surface area contributed by atoms with E-state index >= 15 is 0 Å². The molecule has 0 saturated carbocycles. The minimum absolute atomic E-state index is 0.0878. The molecule has 1 aromatic carbocycles. The van der Waals surface area contributed by atoms with Gasteiger partial charge in [-0.3, -0.25) is 0 Å². The highest BCUT2D eigenvalue weighted by Crippen LogP contribution is 2.37. The van der Waals surface area contributed by atoms with E-state index in [0.29, 0.717) is 11.5 Å². The Morgan fingerprint density at radius 3 is 1.75 bits per heavy atom. The second kappa shape index (κ2) is 4.89. The average Bonchev–Trinajstić information content (AvgIpc) is 2.17. The number of benzene rings is 1. The van der Waals surface area contributed by atoms with Gasteiger partial charge in [-0.05, 0) is 23.5 Å². The van der Waals surface area contributed by atoms with Gasteiger partial charge in [-0.25, -0.2) is 0 Å². The standard InChI is InChI=1S/C13H17F3/c1-4-12(13(14,15)16)11-7-5-10(6-8-11)9(2)3/h5-9,12H,4H2,1-3H3/t12-/m1/s1. The first kappa shape index (κ1) is 13.1. The van der Waals surface area contributed by atoms with Crippen LogP contribution < -0.4 is 0 Å². The van der Waals surface area contributed by atoms with E-state index in [1.165, 1.54) is 0 Å². The zero-order valence-corrected chi connectivity index (χ0v) is 9.81. The normalized spacial score (nSPS) is 14.2. The molecule has 0 amide bonds. The SMILES string of the molecule is CC[C@H](c1ccc(C(C)C)cc1)C(F)(F)F. The van der Waals surface area contributed by atoms with Gasteiger partial charge in [-0.15, -0.1) is 0 Å². The van der Waals surface area contributed by atoms with Gasteiger partial charge in [0.1, 0.15) is 0 Å². The molecule has 0 spiro atoms. The lowest BCUT2D eigenvalue weighted by atomic mass is 9.93. The van der Waals surface area contributed by atoms with E-state index in [0.717, 1.165) is 5.56 Å². The van der Waals surface area contributed by atoms with Crippen LogP contribution in [0.5, 0.6) is 0 Å². The molecule has 0 aliphatic rings. The van der Waals surface area contributed by atoms with Crippen molar-refractivity contribution >= 4 is 0 Å². The van der Waals surface area contributed by atoms with Crippen LogP contribution in [0.1, 0.15) is 50.2 Å². The summed E-state index contributed by atoms with van der Waals surface area (Å²) in [6, 6.07) is 6.76. The second-order valence-corrected chi connectivity index (χ2v) is 4.32. The van der Waals surface area contributed by atoms with Crippen molar-refractivity contribution in [2.75, 3.05) is 0 Å². The summed E-state index contributed by atoms with van der Waals surface area (Å²) in [6.45, 7) is 5.61. The molecule has 16 heavy (non-hydrogen) atoms. The van der Waals surface area contributed by atoms with E-state index in [4.69, 9.17) is 0 Å². The van der Waals surface area contributed by atoms with Crippen LogP contribution in [0.15, 0.2) is 24.3 Å². The minimum Gasteiger partial charge on any atom is -0.170 e. The quantitative estimate of drug-likeness (QED) is 0.695. The molecule has 0 aliphatic carbocycles. The minimum atomic E-state index is -4.14. The molecule has 1 atom stereocenters. The van der Waals surface area contributed by atoms with Gasteiger partial charge in [0, 0.05) is 0 Å². The van der Waals surface area contributed by atoms with Crippen LogP contribution in [-0.2, 0) is 0 Å². The van der Waals surface area contributed by atoms with Crippen molar-refractivity contribution in [2.24, 2.45) is 0 Å². The largest absolute Gasteiger partial charge is 0.395 e. The number of rotatable bonds is 3. The smallest absolute Gasteiger partial charge is 0.170 e. The summed E-state index contributed by atoms with van der Waals surface area (Å²) in [4.78, 5) is 0. The van der Waals surface area contributed by atoms with Crippen molar-refractivity contribution in [2.45, 2.75) is 45.2 Å².